The normalized spacial score (nSPS) is 9.91. The highest BCUT2D eigenvalue weighted by Crippen LogP contribution is 2.16. The van der Waals surface area contributed by atoms with E-state index in [0.717, 1.165) is 4.47 Å². The smallest absolute Gasteiger partial charge is 0.337 e. The predicted molar refractivity (Wildman–Crippen MR) is 86.0 cm³/mol. The van der Waals surface area contributed by atoms with Crippen LogP contribution in [0.3, 0.4) is 0 Å². The van der Waals surface area contributed by atoms with Crippen LogP contribution >= 0.6 is 15.9 Å². The summed E-state index contributed by atoms with van der Waals surface area (Å²) >= 11 is 3.32. The number of anilines is 1. The molecule has 5 nitrogen and oxygen atoms in total. The quantitative estimate of drug-likeness (QED) is 0.828. The van der Waals surface area contributed by atoms with Crippen molar-refractivity contribution in [3.8, 4) is 5.75 Å². The predicted octanol–water partition coefficient (Wildman–Crippen LogP) is 3.25. The van der Waals surface area contributed by atoms with Crippen molar-refractivity contribution in [2.75, 3.05) is 19.0 Å². The summed E-state index contributed by atoms with van der Waals surface area (Å²) < 4.78 is 10.9. The van der Waals surface area contributed by atoms with Crippen LogP contribution in [0, 0.1) is 0 Å². The maximum absolute atomic E-state index is 11.8. The third-order valence-electron chi connectivity index (χ3n) is 2.77. The van der Waals surface area contributed by atoms with Gasteiger partial charge >= 0.3 is 5.97 Å². The summed E-state index contributed by atoms with van der Waals surface area (Å²) in [5.74, 6) is -0.0930. The number of hydrogen-bond acceptors (Lipinski definition) is 4. The van der Waals surface area contributed by atoms with Gasteiger partial charge < -0.3 is 14.8 Å². The molecular formula is C16H14BrNO4. The molecule has 2 rings (SSSR count). The standard InChI is InChI=1S/C16H14BrNO4/c1-21-16(20)11-2-6-13(7-3-11)18-15(19)10-22-14-8-4-12(17)5-9-14/h2-9H,10H2,1H3,(H,18,19). The largest absolute Gasteiger partial charge is 0.484 e. The van der Waals surface area contributed by atoms with Crippen LogP contribution in [0.1, 0.15) is 10.4 Å². The number of amides is 1. The molecule has 6 heteroatoms. The fraction of sp³-hybridized carbons (Fsp3) is 0.125. The highest BCUT2D eigenvalue weighted by Gasteiger charge is 2.07. The molecule has 0 bridgehead atoms. The van der Waals surface area contributed by atoms with E-state index in [2.05, 4.69) is 26.0 Å². The van der Waals surface area contributed by atoms with Gasteiger partial charge in [-0.15, -0.1) is 0 Å². The van der Waals surface area contributed by atoms with Crippen LogP contribution < -0.4 is 10.1 Å². The molecule has 0 heterocycles. The summed E-state index contributed by atoms with van der Waals surface area (Å²) in [5, 5.41) is 2.68. The molecule has 0 atom stereocenters. The Labute approximate surface area is 136 Å². The first-order valence-corrected chi connectivity index (χ1v) is 7.24. The van der Waals surface area contributed by atoms with E-state index in [4.69, 9.17) is 4.74 Å². The molecule has 0 fully saturated rings. The zero-order valence-electron chi connectivity index (χ0n) is 11.8. The topological polar surface area (TPSA) is 64.6 Å². The van der Waals surface area contributed by atoms with Gasteiger partial charge in [0.25, 0.3) is 5.91 Å². The minimum atomic E-state index is -0.420. The van der Waals surface area contributed by atoms with Gasteiger partial charge in [0.1, 0.15) is 5.75 Å². The van der Waals surface area contributed by atoms with E-state index in [9.17, 15) is 9.59 Å². The number of methoxy groups -OCH3 is 1. The van der Waals surface area contributed by atoms with Crippen molar-refractivity contribution in [1.29, 1.82) is 0 Å². The molecule has 2 aromatic carbocycles. The lowest BCUT2D eigenvalue weighted by Crippen LogP contribution is -2.20. The lowest BCUT2D eigenvalue weighted by atomic mass is 10.2. The van der Waals surface area contributed by atoms with Crippen molar-refractivity contribution in [3.05, 3.63) is 58.6 Å². The number of hydrogen-bond donors (Lipinski definition) is 1. The molecule has 22 heavy (non-hydrogen) atoms. The average molecular weight is 364 g/mol. The van der Waals surface area contributed by atoms with Crippen molar-refractivity contribution in [2.24, 2.45) is 0 Å². The van der Waals surface area contributed by atoms with Crippen molar-refractivity contribution >= 4 is 33.5 Å². The molecule has 0 aromatic heterocycles. The Bertz CT molecular complexity index is 653. The fourth-order valence-corrected chi connectivity index (χ4v) is 1.95. The number of halogens is 1. The van der Waals surface area contributed by atoms with Crippen molar-refractivity contribution < 1.29 is 19.1 Å². The fourth-order valence-electron chi connectivity index (χ4n) is 1.68. The molecule has 1 N–H and O–H groups in total. The first-order valence-electron chi connectivity index (χ1n) is 6.45. The summed E-state index contributed by atoms with van der Waals surface area (Å²) in [7, 11) is 1.32. The van der Waals surface area contributed by atoms with Gasteiger partial charge in [0.15, 0.2) is 6.61 Å². The lowest BCUT2D eigenvalue weighted by Gasteiger charge is -2.08. The van der Waals surface area contributed by atoms with E-state index >= 15 is 0 Å². The Kier molecular flexibility index (Phi) is 5.55. The summed E-state index contributed by atoms with van der Waals surface area (Å²) in [4.78, 5) is 23.1. The maximum atomic E-state index is 11.8. The van der Waals surface area contributed by atoms with Crippen LogP contribution in [-0.4, -0.2) is 25.6 Å². The minimum absolute atomic E-state index is 0.0968. The van der Waals surface area contributed by atoms with E-state index in [0.29, 0.717) is 17.0 Å². The van der Waals surface area contributed by atoms with Crippen LogP contribution in [0.4, 0.5) is 5.69 Å². The van der Waals surface area contributed by atoms with E-state index in [1.54, 1.807) is 36.4 Å². The molecule has 0 unspecified atom stereocenters. The van der Waals surface area contributed by atoms with Gasteiger partial charge in [-0.1, -0.05) is 15.9 Å². The minimum Gasteiger partial charge on any atom is -0.484 e. The first-order chi connectivity index (χ1) is 10.6. The van der Waals surface area contributed by atoms with Crippen LogP contribution in [-0.2, 0) is 9.53 Å². The van der Waals surface area contributed by atoms with Gasteiger partial charge in [-0.3, -0.25) is 4.79 Å². The Morgan fingerprint density at radius 2 is 1.68 bits per heavy atom. The molecule has 0 aliphatic carbocycles. The molecular weight excluding hydrogens is 350 g/mol. The number of benzene rings is 2. The molecule has 0 radical (unpaired) electrons. The number of carbonyl (C=O) groups is 2. The zero-order valence-corrected chi connectivity index (χ0v) is 13.4. The number of carbonyl (C=O) groups excluding carboxylic acids is 2. The maximum Gasteiger partial charge on any atom is 0.337 e. The van der Waals surface area contributed by atoms with E-state index in [-0.39, 0.29) is 12.5 Å². The van der Waals surface area contributed by atoms with Crippen LogP contribution in [0.2, 0.25) is 0 Å². The Balaban J connectivity index is 1.86. The van der Waals surface area contributed by atoms with Gasteiger partial charge in [-0.25, -0.2) is 4.79 Å². The van der Waals surface area contributed by atoms with Gasteiger partial charge in [0, 0.05) is 10.2 Å². The third-order valence-corrected chi connectivity index (χ3v) is 3.30. The van der Waals surface area contributed by atoms with Crippen molar-refractivity contribution in [2.45, 2.75) is 0 Å². The first kappa shape index (κ1) is 16.0. The van der Waals surface area contributed by atoms with Crippen LogP contribution in [0.25, 0.3) is 0 Å². The molecule has 114 valence electrons. The second-order valence-electron chi connectivity index (χ2n) is 4.36. The number of ether oxygens (including phenoxy) is 2. The second-order valence-corrected chi connectivity index (χ2v) is 5.28. The lowest BCUT2D eigenvalue weighted by molar-refractivity contribution is -0.118. The zero-order chi connectivity index (χ0) is 15.9. The second kappa shape index (κ2) is 7.61. The van der Waals surface area contributed by atoms with Gasteiger partial charge in [0.2, 0.25) is 0 Å². The SMILES string of the molecule is COC(=O)c1ccc(NC(=O)COc2ccc(Br)cc2)cc1. The van der Waals surface area contributed by atoms with E-state index in [1.165, 1.54) is 7.11 Å². The molecule has 2 aromatic rings. The Morgan fingerprint density at radius 1 is 1.05 bits per heavy atom. The van der Waals surface area contributed by atoms with Crippen LogP contribution in [0.15, 0.2) is 53.0 Å². The molecule has 0 saturated heterocycles. The van der Waals surface area contributed by atoms with Crippen molar-refractivity contribution in [1.82, 2.24) is 0 Å². The molecule has 0 saturated carbocycles. The summed E-state index contributed by atoms with van der Waals surface area (Å²) in [6, 6.07) is 13.6. The van der Waals surface area contributed by atoms with Gasteiger partial charge in [-0.2, -0.15) is 0 Å². The van der Waals surface area contributed by atoms with Crippen LogP contribution in [0.5, 0.6) is 5.75 Å². The van der Waals surface area contributed by atoms with Crippen molar-refractivity contribution in [3.63, 3.8) is 0 Å². The Morgan fingerprint density at radius 3 is 2.27 bits per heavy atom. The Hall–Kier alpha value is -2.34. The molecule has 0 spiro atoms. The summed E-state index contributed by atoms with van der Waals surface area (Å²) in [6.45, 7) is -0.0968. The monoisotopic (exact) mass is 363 g/mol. The third kappa shape index (κ3) is 4.60. The molecule has 0 aliphatic heterocycles. The molecule has 0 aliphatic rings. The summed E-state index contributed by atoms with van der Waals surface area (Å²) in [5.41, 5.74) is 1.00. The molecule has 1 amide bonds. The summed E-state index contributed by atoms with van der Waals surface area (Å²) in [6.07, 6.45) is 0. The van der Waals surface area contributed by atoms with Gasteiger partial charge in [-0.05, 0) is 48.5 Å². The number of esters is 1. The van der Waals surface area contributed by atoms with E-state index in [1.807, 2.05) is 12.1 Å². The number of nitrogens with one attached hydrogen (secondary N) is 1. The average Bonchev–Trinajstić information content (AvgIpc) is 2.54. The van der Waals surface area contributed by atoms with E-state index < -0.39 is 5.97 Å². The number of rotatable bonds is 5. The van der Waals surface area contributed by atoms with Gasteiger partial charge in [0.05, 0.1) is 12.7 Å². The highest BCUT2D eigenvalue weighted by atomic mass is 79.9. The highest BCUT2D eigenvalue weighted by molar-refractivity contribution is 9.10.